The van der Waals surface area contributed by atoms with Gasteiger partial charge in [0.25, 0.3) is 0 Å². The largest absolute Gasteiger partial charge is 0.416 e. The molecular weight excluding hydrogens is 454 g/mol. The van der Waals surface area contributed by atoms with Gasteiger partial charge in [0.2, 0.25) is 0 Å². The molecule has 14 heteroatoms. The summed E-state index contributed by atoms with van der Waals surface area (Å²) in [5.74, 6) is -0.877. The molecule has 4 rings (SSSR count). The average Bonchev–Trinajstić information content (AvgIpc) is 3.29. The van der Waals surface area contributed by atoms with E-state index in [-0.39, 0.29) is 22.8 Å². The maximum atomic E-state index is 14.2. The number of halogens is 4. The SMILES string of the molecule is COC(O)[C@H]1O[C@@H](n2cnc3c(Nc4cc(C(F)(F)F)ccc4F)nc(C)nc32)[C@H](O)[C@@H]1O. The van der Waals surface area contributed by atoms with Gasteiger partial charge in [-0.05, 0) is 25.1 Å². The molecule has 33 heavy (non-hydrogen) atoms. The molecule has 0 aliphatic carbocycles. The lowest BCUT2D eigenvalue weighted by atomic mass is 10.1. The lowest BCUT2D eigenvalue weighted by Crippen LogP contribution is -2.39. The van der Waals surface area contributed by atoms with Gasteiger partial charge >= 0.3 is 6.18 Å². The van der Waals surface area contributed by atoms with E-state index in [2.05, 4.69) is 20.3 Å². The zero-order valence-corrected chi connectivity index (χ0v) is 17.2. The minimum Gasteiger partial charge on any atom is -0.387 e. The maximum absolute atomic E-state index is 14.2. The van der Waals surface area contributed by atoms with Crippen molar-refractivity contribution in [3.8, 4) is 0 Å². The molecule has 5 atom stereocenters. The summed E-state index contributed by atoms with van der Waals surface area (Å²) < 4.78 is 64.9. The Morgan fingerprint density at radius 3 is 2.61 bits per heavy atom. The van der Waals surface area contributed by atoms with E-state index in [1.165, 1.54) is 24.9 Å². The number of nitrogens with one attached hydrogen (secondary N) is 1. The highest BCUT2D eigenvalue weighted by atomic mass is 19.4. The minimum atomic E-state index is -4.68. The molecular formula is C19H19F4N5O5. The van der Waals surface area contributed by atoms with Gasteiger partial charge in [0.15, 0.2) is 29.5 Å². The second-order valence-corrected chi connectivity index (χ2v) is 7.36. The molecule has 1 unspecified atom stereocenters. The summed E-state index contributed by atoms with van der Waals surface area (Å²) in [6, 6.07) is 1.90. The Balaban J connectivity index is 1.73. The molecule has 178 valence electrons. The third-order valence-corrected chi connectivity index (χ3v) is 5.15. The number of hydrogen-bond acceptors (Lipinski definition) is 9. The Hall–Kier alpha value is -2.91. The van der Waals surface area contributed by atoms with Crippen molar-refractivity contribution in [3.05, 3.63) is 41.7 Å². The van der Waals surface area contributed by atoms with Crippen molar-refractivity contribution in [1.29, 1.82) is 0 Å². The van der Waals surface area contributed by atoms with Crippen molar-refractivity contribution in [2.45, 2.75) is 43.9 Å². The molecule has 1 aliphatic rings. The smallest absolute Gasteiger partial charge is 0.387 e. The fraction of sp³-hybridized carbons (Fsp3) is 0.421. The third kappa shape index (κ3) is 4.22. The Bertz CT molecular complexity index is 1170. The van der Waals surface area contributed by atoms with Crippen LogP contribution in [0.1, 0.15) is 17.6 Å². The van der Waals surface area contributed by atoms with Gasteiger partial charge in [0, 0.05) is 7.11 Å². The van der Waals surface area contributed by atoms with Crippen LogP contribution in [0.15, 0.2) is 24.5 Å². The second-order valence-electron chi connectivity index (χ2n) is 7.36. The molecule has 1 aromatic carbocycles. The normalized spacial score (nSPS) is 24.4. The fourth-order valence-electron chi connectivity index (χ4n) is 3.51. The van der Waals surface area contributed by atoms with Crippen molar-refractivity contribution in [2.75, 3.05) is 12.4 Å². The lowest BCUT2D eigenvalue weighted by Gasteiger charge is -2.19. The molecule has 3 heterocycles. The van der Waals surface area contributed by atoms with E-state index in [0.29, 0.717) is 18.2 Å². The van der Waals surface area contributed by atoms with E-state index >= 15 is 0 Å². The number of aromatic nitrogens is 4. The van der Waals surface area contributed by atoms with E-state index in [1.54, 1.807) is 0 Å². The minimum absolute atomic E-state index is 0.0402. The predicted molar refractivity (Wildman–Crippen MR) is 104 cm³/mol. The molecule has 2 aromatic heterocycles. The molecule has 0 amide bonds. The Labute approximate surface area is 183 Å². The van der Waals surface area contributed by atoms with Crippen molar-refractivity contribution in [1.82, 2.24) is 19.5 Å². The van der Waals surface area contributed by atoms with Gasteiger partial charge in [-0.15, -0.1) is 0 Å². The number of alkyl halides is 3. The molecule has 1 saturated heterocycles. The van der Waals surface area contributed by atoms with Crippen LogP contribution in [0.4, 0.5) is 29.1 Å². The topological polar surface area (TPSA) is 135 Å². The summed E-state index contributed by atoms with van der Waals surface area (Å²) in [5, 5.41) is 33.0. The van der Waals surface area contributed by atoms with Crippen LogP contribution in [0, 0.1) is 12.7 Å². The van der Waals surface area contributed by atoms with Crippen LogP contribution < -0.4 is 5.32 Å². The first-order valence-electron chi connectivity index (χ1n) is 9.58. The van der Waals surface area contributed by atoms with Crippen molar-refractivity contribution in [3.63, 3.8) is 0 Å². The summed E-state index contributed by atoms with van der Waals surface area (Å²) in [6.45, 7) is 1.49. The summed E-state index contributed by atoms with van der Waals surface area (Å²) >= 11 is 0. The maximum Gasteiger partial charge on any atom is 0.416 e. The fourth-order valence-corrected chi connectivity index (χ4v) is 3.51. The highest BCUT2D eigenvalue weighted by Gasteiger charge is 2.47. The number of hydrogen-bond donors (Lipinski definition) is 4. The summed E-state index contributed by atoms with van der Waals surface area (Å²) in [7, 11) is 1.19. The zero-order valence-electron chi connectivity index (χ0n) is 17.2. The number of rotatable bonds is 5. The van der Waals surface area contributed by atoms with Crippen LogP contribution in [0.5, 0.6) is 0 Å². The lowest BCUT2D eigenvalue weighted by molar-refractivity contribution is -0.182. The molecule has 0 saturated carbocycles. The van der Waals surface area contributed by atoms with Crippen LogP contribution in [0.3, 0.4) is 0 Å². The van der Waals surface area contributed by atoms with Gasteiger partial charge in [0.05, 0.1) is 17.6 Å². The number of methoxy groups -OCH3 is 1. The van der Waals surface area contributed by atoms with Gasteiger partial charge in [-0.25, -0.2) is 19.3 Å². The van der Waals surface area contributed by atoms with E-state index < -0.39 is 54.1 Å². The molecule has 4 N–H and O–H groups in total. The van der Waals surface area contributed by atoms with Crippen LogP contribution >= 0.6 is 0 Å². The molecule has 1 aliphatic heterocycles. The Morgan fingerprint density at radius 1 is 1.21 bits per heavy atom. The first-order chi connectivity index (χ1) is 15.5. The summed E-state index contributed by atoms with van der Waals surface area (Å²) in [6.07, 6.45) is -10.5. The quantitative estimate of drug-likeness (QED) is 0.322. The van der Waals surface area contributed by atoms with Gasteiger partial charge < -0.3 is 30.1 Å². The number of anilines is 2. The third-order valence-electron chi connectivity index (χ3n) is 5.15. The van der Waals surface area contributed by atoms with Crippen LogP contribution in [0.25, 0.3) is 11.2 Å². The van der Waals surface area contributed by atoms with Crippen LogP contribution in [-0.2, 0) is 15.7 Å². The van der Waals surface area contributed by atoms with Crippen molar-refractivity contribution >= 4 is 22.7 Å². The Morgan fingerprint density at radius 2 is 1.94 bits per heavy atom. The first-order valence-corrected chi connectivity index (χ1v) is 9.58. The standard InChI is InChI=1S/C19H19F4N5O5/c1-7-25-15(27-10-5-8(19(21,22)23)3-4-9(10)20)11-16(26-7)28(6-24-11)17-13(30)12(29)14(33-17)18(31)32-2/h3-6,12-14,17-18,29-31H,1-2H3,(H,25,26,27)/t12-,13+,14-,17+,18?/m0/s1. The molecule has 0 radical (unpaired) electrons. The number of imidazole rings is 1. The predicted octanol–water partition coefficient (Wildman–Crippen LogP) is 1.62. The number of aryl methyl sites for hydroxylation is 1. The van der Waals surface area contributed by atoms with Crippen molar-refractivity contribution < 1.29 is 42.4 Å². The van der Waals surface area contributed by atoms with Gasteiger partial charge in [-0.1, -0.05) is 0 Å². The van der Waals surface area contributed by atoms with E-state index in [0.717, 1.165) is 0 Å². The highest BCUT2D eigenvalue weighted by Crippen LogP contribution is 2.36. The number of aliphatic hydroxyl groups excluding tert-OH is 3. The molecule has 3 aromatic rings. The highest BCUT2D eigenvalue weighted by molar-refractivity contribution is 5.85. The van der Waals surface area contributed by atoms with E-state index in [4.69, 9.17) is 9.47 Å². The van der Waals surface area contributed by atoms with E-state index in [1.807, 2.05) is 0 Å². The average molecular weight is 473 g/mol. The molecule has 0 bridgehead atoms. The monoisotopic (exact) mass is 473 g/mol. The van der Waals surface area contributed by atoms with Crippen LogP contribution in [-0.4, -0.2) is 66.6 Å². The van der Waals surface area contributed by atoms with E-state index in [9.17, 15) is 32.9 Å². The van der Waals surface area contributed by atoms with Gasteiger partial charge in [-0.2, -0.15) is 13.2 Å². The number of fused-ring (bicyclic) bond motifs is 1. The number of aliphatic hydroxyl groups is 3. The second kappa shape index (κ2) is 8.46. The van der Waals surface area contributed by atoms with Crippen molar-refractivity contribution in [2.24, 2.45) is 0 Å². The number of benzene rings is 1. The van der Waals surface area contributed by atoms with Gasteiger partial charge in [-0.3, -0.25) is 4.57 Å². The van der Waals surface area contributed by atoms with Gasteiger partial charge in [0.1, 0.15) is 30.0 Å². The number of ether oxygens (including phenoxy) is 2. The number of nitrogens with zero attached hydrogens (tertiary/aromatic N) is 4. The molecule has 1 fully saturated rings. The summed E-state index contributed by atoms with van der Waals surface area (Å²) in [5.41, 5.74) is -1.41. The molecule has 10 nitrogen and oxygen atoms in total. The zero-order chi connectivity index (χ0) is 24.1. The van der Waals surface area contributed by atoms with Crippen LogP contribution in [0.2, 0.25) is 0 Å². The Kier molecular flexibility index (Phi) is 5.96. The first kappa shape index (κ1) is 23.3. The molecule has 0 spiro atoms. The summed E-state index contributed by atoms with van der Waals surface area (Å²) in [4.78, 5) is 12.4.